The molecule has 0 aromatic heterocycles. The maximum Gasteiger partial charge on any atom is 0.171 e. The molecular formula is C27H32O4. The summed E-state index contributed by atoms with van der Waals surface area (Å²) in [5.74, 6) is 0.137. The van der Waals surface area contributed by atoms with Crippen LogP contribution in [0.15, 0.2) is 47.1 Å². The fourth-order valence-corrected chi connectivity index (χ4v) is 7.52. The molecule has 0 spiro atoms. The van der Waals surface area contributed by atoms with Gasteiger partial charge in [0.15, 0.2) is 11.6 Å². The van der Waals surface area contributed by atoms with E-state index in [1.54, 1.807) is 7.11 Å². The van der Waals surface area contributed by atoms with Crippen molar-refractivity contribution in [3.63, 3.8) is 0 Å². The molecule has 1 aromatic rings. The Morgan fingerprint density at radius 2 is 1.94 bits per heavy atom. The Labute approximate surface area is 184 Å². The van der Waals surface area contributed by atoms with Crippen molar-refractivity contribution >= 4 is 12.1 Å². The van der Waals surface area contributed by atoms with Crippen LogP contribution in [0.2, 0.25) is 0 Å². The van der Waals surface area contributed by atoms with Crippen LogP contribution in [-0.4, -0.2) is 30.1 Å². The van der Waals surface area contributed by atoms with Gasteiger partial charge >= 0.3 is 0 Å². The van der Waals surface area contributed by atoms with Crippen molar-refractivity contribution in [2.75, 3.05) is 7.11 Å². The third kappa shape index (κ3) is 2.95. The first-order valence-electron chi connectivity index (χ1n) is 11.8. The Morgan fingerprint density at radius 1 is 1.16 bits per heavy atom. The summed E-state index contributed by atoms with van der Waals surface area (Å²) in [5.41, 5.74) is 5.74. The molecule has 4 aliphatic carbocycles. The van der Waals surface area contributed by atoms with Crippen LogP contribution >= 0.6 is 0 Å². The van der Waals surface area contributed by atoms with E-state index in [-0.39, 0.29) is 17.1 Å². The maximum absolute atomic E-state index is 12.1. The highest BCUT2D eigenvalue weighted by molar-refractivity contribution is 5.93. The highest BCUT2D eigenvalue weighted by Gasteiger charge is 2.65. The van der Waals surface area contributed by atoms with Crippen molar-refractivity contribution in [1.29, 1.82) is 0 Å². The number of rotatable bonds is 4. The number of ketones is 1. The lowest BCUT2D eigenvalue weighted by Gasteiger charge is -2.55. The average molecular weight is 421 g/mol. The van der Waals surface area contributed by atoms with Gasteiger partial charge in [-0.1, -0.05) is 36.8 Å². The fourth-order valence-electron chi connectivity index (χ4n) is 7.52. The normalized spacial score (nSPS) is 37.1. The van der Waals surface area contributed by atoms with Crippen LogP contribution in [0.1, 0.15) is 80.1 Å². The van der Waals surface area contributed by atoms with Gasteiger partial charge in [0.1, 0.15) is 6.29 Å². The number of carbonyl (C=O) groups is 2. The number of carbonyl (C=O) groups excluding carboxylic acids is 2. The topological polar surface area (TPSA) is 63.6 Å². The SMILES string of the molecule is CC[C@]12C[C@H](c3ccc(C=O)cc3)C3=C4CCC(=O)C=C4CC[C@H]3[C@@H]1CC[C@@]2(O)OC. The smallest absolute Gasteiger partial charge is 0.171 e. The van der Waals surface area contributed by atoms with Crippen LogP contribution in [0.5, 0.6) is 0 Å². The summed E-state index contributed by atoms with van der Waals surface area (Å²) in [6, 6.07) is 7.95. The van der Waals surface area contributed by atoms with Gasteiger partial charge in [-0.05, 0) is 73.1 Å². The summed E-state index contributed by atoms with van der Waals surface area (Å²) in [5, 5.41) is 11.6. The van der Waals surface area contributed by atoms with Gasteiger partial charge < -0.3 is 9.84 Å². The molecule has 4 aliphatic rings. The zero-order chi connectivity index (χ0) is 21.8. The standard InChI is InChI=1S/C27H32O4/c1-3-26-15-23(18-6-4-17(16-28)5-7-18)25-21-11-9-20(29)14-19(21)8-10-22(25)24(26)12-13-27(26,30)31-2/h4-7,14,16,22-24,30H,3,8-13,15H2,1-2H3/t22-,23+,24-,26-,27+/m0/s1. The molecule has 1 N–H and O–H groups in total. The van der Waals surface area contributed by atoms with Crippen molar-refractivity contribution in [2.45, 2.75) is 70.0 Å². The molecule has 4 nitrogen and oxygen atoms in total. The predicted octanol–water partition coefficient (Wildman–Crippen LogP) is 5.12. The van der Waals surface area contributed by atoms with Crippen molar-refractivity contribution in [3.05, 3.63) is 58.2 Å². The monoisotopic (exact) mass is 420 g/mol. The number of aldehydes is 1. The Morgan fingerprint density at radius 3 is 2.61 bits per heavy atom. The molecule has 0 heterocycles. The lowest BCUT2D eigenvalue weighted by molar-refractivity contribution is -0.263. The molecule has 164 valence electrons. The highest BCUT2D eigenvalue weighted by Crippen LogP contribution is 2.68. The summed E-state index contributed by atoms with van der Waals surface area (Å²) < 4.78 is 5.82. The number of ether oxygens (including phenoxy) is 1. The van der Waals surface area contributed by atoms with E-state index in [4.69, 9.17) is 4.74 Å². The first kappa shape index (κ1) is 20.8. The molecular weight excluding hydrogens is 388 g/mol. The van der Waals surface area contributed by atoms with Gasteiger partial charge in [-0.3, -0.25) is 9.59 Å². The van der Waals surface area contributed by atoms with Crippen LogP contribution in [0.25, 0.3) is 0 Å². The van der Waals surface area contributed by atoms with Gasteiger partial charge in [0.05, 0.1) is 0 Å². The molecule has 1 aromatic carbocycles. The molecule has 4 heteroatoms. The minimum absolute atomic E-state index is 0.175. The maximum atomic E-state index is 12.1. The largest absolute Gasteiger partial charge is 0.365 e. The van der Waals surface area contributed by atoms with E-state index in [9.17, 15) is 14.7 Å². The molecule has 0 radical (unpaired) electrons. The Bertz CT molecular complexity index is 971. The number of hydrogen-bond acceptors (Lipinski definition) is 4. The lowest BCUT2D eigenvalue weighted by Crippen LogP contribution is -2.54. The van der Waals surface area contributed by atoms with Crippen molar-refractivity contribution in [2.24, 2.45) is 17.3 Å². The number of hydrogen-bond donors (Lipinski definition) is 1. The van der Waals surface area contributed by atoms with Crippen LogP contribution in [0, 0.1) is 17.3 Å². The predicted molar refractivity (Wildman–Crippen MR) is 119 cm³/mol. The summed E-state index contributed by atoms with van der Waals surface area (Å²) in [6.07, 6.45) is 9.57. The number of allylic oxidation sites excluding steroid dienone is 4. The molecule has 0 aliphatic heterocycles. The van der Waals surface area contributed by atoms with E-state index >= 15 is 0 Å². The molecule has 2 fully saturated rings. The highest BCUT2D eigenvalue weighted by atomic mass is 16.6. The van der Waals surface area contributed by atoms with Gasteiger partial charge in [0.2, 0.25) is 0 Å². The van der Waals surface area contributed by atoms with Gasteiger partial charge in [-0.2, -0.15) is 0 Å². The first-order chi connectivity index (χ1) is 15.0. The molecule has 5 rings (SSSR count). The quantitative estimate of drug-likeness (QED) is 0.542. The van der Waals surface area contributed by atoms with Gasteiger partial charge in [-0.25, -0.2) is 0 Å². The van der Waals surface area contributed by atoms with Gasteiger partial charge in [-0.15, -0.1) is 0 Å². The number of aliphatic hydroxyl groups is 1. The van der Waals surface area contributed by atoms with Crippen LogP contribution in [-0.2, 0) is 9.53 Å². The third-order valence-electron chi connectivity index (χ3n) is 8.97. The molecule has 2 saturated carbocycles. The fraction of sp³-hybridized carbons (Fsp3) is 0.556. The number of benzene rings is 1. The molecule has 0 amide bonds. The molecule has 0 saturated heterocycles. The number of fused-ring (bicyclic) bond motifs is 4. The second-order valence-corrected chi connectivity index (χ2v) is 9.90. The van der Waals surface area contributed by atoms with Gasteiger partial charge in [0.25, 0.3) is 0 Å². The van der Waals surface area contributed by atoms with E-state index in [1.165, 1.54) is 22.3 Å². The second kappa shape index (κ2) is 7.53. The van der Waals surface area contributed by atoms with Gasteiger partial charge in [0, 0.05) is 36.8 Å². The number of methoxy groups -OCH3 is 1. The van der Waals surface area contributed by atoms with Crippen LogP contribution in [0.3, 0.4) is 0 Å². The zero-order valence-corrected chi connectivity index (χ0v) is 18.5. The summed E-state index contributed by atoms with van der Waals surface area (Å²) in [4.78, 5) is 23.3. The Hall–Kier alpha value is -2.04. The van der Waals surface area contributed by atoms with E-state index < -0.39 is 5.79 Å². The molecule has 0 bridgehead atoms. The minimum atomic E-state index is -1.09. The Kier molecular flexibility index (Phi) is 5.06. The molecule has 0 unspecified atom stereocenters. The zero-order valence-electron chi connectivity index (χ0n) is 18.5. The summed E-state index contributed by atoms with van der Waals surface area (Å²) in [6.45, 7) is 2.19. The second-order valence-electron chi connectivity index (χ2n) is 9.90. The van der Waals surface area contributed by atoms with E-state index in [0.717, 1.165) is 44.8 Å². The van der Waals surface area contributed by atoms with Crippen molar-refractivity contribution in [3.8, 4) is 0 Å². The summed E-state index contributed by atoms with van der Waals surface area (Å²) in [7, 11) is 1.65. The molecule has 5 atom stereocenters. The van der Waals surface area contributed by atoms with E-state index in [2.05, 4.69) is 19.1 Å². The van der Waals surface area contributed by atoms with Crippen molar-refractivity contribution < 1.29 is 19.4 Å². The van der Waals surface area contributed by atoms with Crippen molar-refractivity contribution in [1.82, 2.24) is 0 Å². The van der Waals surface area contributed by atoms with E-state index in [0.29, 0.717) is 30.2 Å². The Balaban J connectivity index is 1.70. The van der Waals surface area contributed by atoms with Crippen LogP contribution < -0.4 is 0 Å². The van der Waals surface area contributed by atoms with E-state index in [1.807, 2.05) is 18.2 Å². The van der Waals surface area contributed by atoms with Crippen LogP contribution in [0.4, 0.5) is 0 Å². The molecule has 31 heavy (non-hydrogen) atoms. The minimum Gasteiger partial charge on any atom is -0.365 e. The average Bonchev–Trinajstić information content (AvgIpc) is 3.11. The lowest BCUT2D eigenvalue weighted by atomic mass is 9.51. The first-order valence-corrected chi connectivity index (χ1v) is 11.8. The third-order valence-corrected chi connectivity index (χ3v) is 8.97. The summed E-state index contributed by atoms with van der Waals surface area (Å²) >= 11 is 0.